The first-order valence-electron chi connectivity index (χ1n) is 8.72. The van der Waals surface area contributed by atoms with Crippen molar-refractivity contribution in [1.29, 1.82) is 0 Å². The summed E-state index contributed by atoms with van der Waals surface area (Å²) in [5.41, 5.74) is -2.07. The molecule has 0 heterocycles. The SMILES string of the molecule is CC1(F)CC(C(C)(C2=CC=C(O)C(C)(F)C2)c2ccccc2)=CC=C1O. The largest absolute Gasteiger partial charge is 0.509 e. The van der Waals surface area contributed by atoms with Gasteiger partial charge in [-0.05, 0) is 38.5 Å². The molecule has 0 saturated carbocycles. The van der Waals surface area contributed by atoms with Crippen LogP contribution in [-0.4, -0.2) is 21.6 Å². The van der Waals surface area contributed by atoms with E-state index in [9.17, 15) is 19.0 Å². The Morgan fingerprint density at radius 3 is 1.62 bits per heavy atom. The van der Waals surface area contributed by atoms with Crippen molar-refractivity contribution < 1.29 is 19.0 Å². The number of hydrogen-bond donors (Lipinski definition) is 2. The summed E-state index contributed by atoms with van der Waals surface area (Å²) >= 11 is 0. The molecule has 26 heavy (non-hydrogen) atoms. The number of allylic oxidation sites excluding steroid dienone is 8. The van der Waals surface area contributed by atoms with Crippen molar-refractivity contribution in [2.75, 3.05) is 0 Å². The smallest absolute Gasteiger partial charge is 0.168 e. The van der Waals surface area contributed by atoms with Crippen LogP contribution in [-0.2, 0) is 5.41 Å². The Morgan fingerprint density at radius 2 is 1.23 bits per heavy atom. The van der Waals surface area contributed by atoms with E-state index < -0.39 is 16.8 Å². The Hall–Kier alpha value is -2.36. The van der Waals surface area contributed by atoms with Gasteiger partial charge in [0, 0.05) is 18.3 Å². The van der Waals surface area contributed by atoms with Crippen molar-refractivity contribution in [1.82, 2.24) is 0 Å². The van der Waals surface area contributed by atoms with E-state index in [1.54, 1.807) is 12.2 Å². The summed E-state index contributed by atoms with van der Waals surface area (Å²) in [5.74, 6) is -0.607. The summed E-state index contributed by atoms with van der Waals surface area (Å²) in [6.07, 6.45) is 6.22. The predicted molar refractivity (Wildman–Crippen MR) is 99.6 cm³/mol. The number of rotatable bonds is 3. The quantitative estimate of drug-likeness (QED) is 0.701. The van der Waals surface area contributed by atoms with Gasteiger partial charge in [-0.15, -0.1) is 0 Å². The molecule has 0 bridgehead atoms. The minimum Gasteiger partial charge on any atom is -0.509 e. The van der Waals surface area contributed by atoms with Crippen LogP contribution >= 0.6 is 0 Å². The van der Waals surface area contributed by atoms with Crippen LogP contribution in [0, 0.1) is 0 Å². The third-order valence-corrected chi connectivity index (χ3v) is 5.63. The number of alkyl halides is 2. The second kappa shape index (κ2) is 6.11. The van der Waals surface area contributed by atoms with Crippen LogP contribution in [0.3, 0.4) is 0 Å². The van der Waals surface area contributed by atoms with Gasteiger partial charge in [-0.25, -0.2) is 8.78 Å². The molecule has 0 radical (unpaired) electrons. The van der Waals surface area contributed by atoms with Crippen LogP contribution in [0.4, 0.5) is 8.78 Å². The number of aliphatic hydroxyl groups is 2. The maximum absolute atomic E-state index is 14.8. The summed E-state index contributed by atoms with van der Waals surface area (Å²) in [4.78, 5) is 0. The van der Waals surface area contributed by atoms with Crippen molar-refractivity contribution >= 4 is 0 Å². The van der Waals surface area contributed by atoms with Gasteiger partial charge in [0.25, 0.3) is 0 Å². The van der Waals surface area contributed by atoms with Crippen LogP contribution in [0.2, 0.25) is 0 Å². The third kappa shape index (κ3) is 2.98. The lowest BCUT2D eigenvalue weighted by Gasteiger charge is -2.42. The van der Waals surface area contributed by atoms with E-state index in [0.29, 0.717) is 0 Å². The summed E-state index contributed by atoms with van der Waals surface area (Å²) < 4.78 is 29.7. The fraction of sp³-hybridized carbons (Fsp3) is 0.364. The highest BCUT2D eigenvalue weighted by Gasteiger charge is 2.45. The molecule has 0 amide bonds. The van der Waals surface area contributed by atoms with E-state index in [0.717, 1.165) is 16.7 Å². The molecule has 4 heteroatoms. The van der Waals surface area contributed by atoms with E-state index in [4.69, 9.17) is 0 Å². The van der Waals surface area contributed by atoms with E-state index in [1.165, 1.54) is 26.0 Å². The van der Waals surface area contributed by atoms with E-state index >= 15 is 0 Å². The molecule has 2 N–H and O–H groups in total. The van der Waals surface area contributed by atoms with Gasteiger partial charge < -0.3 is 10.2 Å². The monoisotopic (exact) mass is 358 g/mol. The van der Waals surface area contributed by atoms with Gasteiger partial charge in [0.15, 0.2) is 11.3 Å². The van der Waals surface area contributed by atoms with Crippen LogP contribution in [0.1, 0.15) is 39.2 Å². The molecule has 0 aromatic heterocycles. The highest BCUT2D eigenvalue weighted by molar-refractivity contribution is 5.52. The molecular formula is C22H24F2O2. The first-order valence-corrected chi connectivity index (χ1v) is 8.72. The molecule has 2 nitrogen and oxygen atoms in total. The summed E-state index contributed by atoms with van der Waals surface area (Å²) in [7, 11) is 0. The zero-order valence-corrected chi connectivity index (χ0v) is 15.3. The first-order chi connectivity index (χ1) is 12.1. The van der Waals surface area contributed by atoms with Gasteiger partial charge >= 0.3 is 0 Å². The van der Waals surface area contributed by atoms with Gasteiger partial charge in [-0.1, -0.05) is 53.6 Å². The van der Waals surface area contributed by atoms with E-state index in [-0.39, 0.29) is 24.4 Å². The van der Waals surface area contributed by atoms with Crippen LogP contribution < -0.4 is 0 Å². The van der Waals surface area contributed by atoms with Crippen LogP contribution in [0.15, 0.2) is 77.3 Å². The highest BCUT2D eigenvalue weighted by Crippen LogP contribution is 2.49. The molecule has 0 saturated heterocycles. The van der Waals surface area contributed by atoms with Crippen molar-refractivity contribution in [3.05, 3.63) is 82.9 Å². The van der Waals surface area contributed by atoms with Gasteiger partial charge in [-0.3, -0.25) is 0 Å². The Morgan fingerprint density at radius 1 is 0.808 bits per heavy atom. The lowest BCUT2D eigenvalue weighted by molar-refractivity contribution is 0.144. The highest BCUT2D eigenvalue weighted by atomic mass is 19.1. The Labute approximate surface area is 152 Å². The fourth-order valence-electron chi connectivity index (χ4n) is 3.76. The number of hydrogen-bond acceptors (Lipinski definition) is 2. The second-order valence-electron chi connectivity index (χ2n) is 7.73. The van der Waals surface area contributed by atoms with Crippen LogP contribution in [0.5, 0.6) is 0 Å². The zero-order valence-electron chi connectivity index (χ0n) is 15.3. The van der Waals surface area contributed by atoms with Crippen molar-refractivity contribution in [3.63, 3.8) is 0 Å². The Kier molecular flexibility index (Phi) is 4.33. The van der Waals surface area contributed by atoms with Crippen LogP contribution in [0.25, 0.3) is 0 Å². The molecule has 0 spiro atoms. The Balaban J connectivity index is 2.17. The molecule has 138 valence electrons. The first kappa shape index (κ1) is 18.4. The topological polar surface area (TPSA) is 40.5 Å². The van der Waals surface area contributed by atoms with E-state index in [1.807, 2.05) is 37.3 Å². The predicted octanol–water partition coefficient (Wildman–Crippen LogP) is 5.94. The maximum atomic E-state index is 14.8. The lowest BCUT2D eigenvalue weighted by Crippen LogP contribution is -2.38. The molecular weight excluding hydrogens is 334 g/mol. The van der Waals surface area contributed by atoms with Crippen molar-refractivity contribution in [2.24, 2.45) is 0 Å². The molecule has 1 aromatic carbocycles. The summed E-state index contributed by atoms with van der Waals surface area (Å²) in [6, 6.07) is 9.55. The minimum absolute atomic E-state index is 0.0107. The van der Waals surface area contributed by atoms with Gasteiger partial charge in [0.2, 0.25) is 0 Å². The lowest BCUT2D eigenvalue weighted by atomic mass is 9.63. The second-order valence-corrected chi connectivity index (χ2v) is 7.73. The number of benzene rings is 1. The van der Waals surface area contributed by atoms with Gasteiger partial charge in [-0.2, -0.15) is 0 Å². The normalized spacial score (nSPS) is 31.3. The molecule has 0 aliphatic heterocycles. The van der Waals surface area contributed by atoms with Crippen molar-refractivity contribution in [3.8, 4) is 0 Å². The summed E-state index contributed by atoms with van der Waals surface area (Å²) in [5, 5.41) is 19.7. The average molecular weight is 358 g/mol. The number of halogens is 2. The standard InChI is InChI=1S/C22H24F2O2/c1-20(23)13-16(9-11-18(20)25)22(3,15-7-5-4-6-8-15)17-10-12-19(26)21(2,24)14-17/h4-12,25-26H,13-14H2,1-3H3. The minimum atomic E-state index is -1.87. The molecule has 1 aromatic rings. The molecule has 2 aliphatic rings. The van der Waals surface area contributed by atoms with Crippen molar-refractivity contribution in [2.45, 2.75) is 50.4 Å². The molecule has 0 fully saturated rings. The molecule has 2 unspecified atom stereocenters. The van der Waals surface area contributed by atoms with Gasteiger partial charge in [0.1, 0.15) is 11.5 Å². The zero-order chi connectivity index (χ0) is 19.2. The Bertz CT molecular complexity index is 779. The van der Waals surface area contributed by atoms with Gasteiger partial charge in [0.05, 0.1) is 0 Å². The summed E-state index contributed by atoms with van der Waals surface area (Å²) in [6.45, 7) is 4.63. The number of aliphatic hydroxyl groups excluding tert-OH is 2. The molecule has 2 atom stereocenters. The molecule has 2 aliphatic carbocycles. The fourth-order valence-corrected chi connectivity index (χ4v) is 3.76. The van der Waals surface area contributed by atoms with E-state index in [2.05, 4.69) is 0 Å². The average Bonchev–Trinajstić information content (AvgIpc) is 2.59. The maximum Gasteiger partial charge on any atom is 0.168 e. The molecule has 3 rings (SSSR count). The third-order valence-electron chi connectivity index (χ3n) is 5.63.